The summed E-state index contributed by atoms with van der Waals surface area (Å²) in [5, 5.41) is 2.88. The van der Waals surface area contributed by atoms with Gasteiger partial charge in [-0.15, -0.1) is 11.3 Å². The number of carbonyl (C=O) groups is 1. The number of hydrogen-bond acceptors (Lipinski definition) is 4. The maximum Gasteiger partial charge on any atom is 0.228 e. The number of piperidine rings is 1. The Labute approximate surface area is 151 Å². The SMILES string of the molecule is CC1(C)CN(C(=O)Cc2csc(Cc3ccc(F)cc3)n2)CCC1N. The van der Waals surface area contributed by atoms with Crippen molar-refractivity contribution >= 4 is 17.2 Å². The molecule has 1 unspecified atom stereocenters. The molecule has 0 aliphatic carbocycles. The third kappa shape index (κ3) is 4.44. The standard InChI is InChI=1S/C19H24FN3OS/c1-19(2)12-23(8-7-16(19)21)18(24)10-15-11-25-17(22-15)9-13-3-5-14(20)6-4-13/h3-6,11,16H,7-10,12,21H2,1-2H3. The second kappa shape index (κ2) is 7.22. The van der Waals surface area contributed by atoms with Crippen LogP contribution >= 0.6 is 11.3 Å². The molecule has 134 valence electrons. The van der Waals surface area contributed by atoms with E-state index in [1.165, 1.54) is 12.1 Å². The Kier molecular flexibility index (Phi) is 5.20. The summed E-state index contributed by atoms with van der Waals surface area (Å²) in [6, 6.07) is 6.58. The summed E-state index contributed by atoms with van der Waals surface area (Å²) in [6.45, 7) is 5.64. The highest BCUT2D eigenvalue weighted by atomic mass is 32.1. The van der Waals surface area contributed by atoms with E-state index in [4.69, 9.17) is 5.73 Å². The summed E-state index contributed by atoms with van der Waals surface area (Å²) in [5.41, 5.74) is 7.91. The Morgan fingerprint density at radius 2 is 2.12 bits per heavy atom. The zero-order chi connectivity index (χ0) is 18.0. The van der Waals surface area contributed by atoms with E-state index in [-0.39, 0.29) is 23.2 Å². The van der Waals surface area contributed by atoms with Crippen LogP contribution in [0, 0.1) is 11.2 Å². The molecule has 1 aromatic carbocycles. The topological polar surface area (TPSA) is 59.2 Å². The molecule has 1 aromatic heterocycles. The Morgan fingerprint density at radius 1 is 1.40 bits per heavy atom. The van der Waals surface area contributed by atoms with Crippen LogP contribution in [0.1, 0.15) is 36.5 Å². The molecular formula is C19H24FN3OS. The van der Waals surface area contributed by atoms with Crippen LogP contribution in [0.15, 0.2) is 29.6 Å². The smallest absolute Gasteiger partial charge is 0.228 e. The molecule has 6 heteroatoms. The van der Waals surface area contributed by atoms with Crippen molar-refractivity contribution in [2.75, 3.05) is 13.1 Å². The van der Waals surface area contributed by atoms with E-state index in [0.717, 1.165) is 29.2 Å². The normalized spacial score (nSPS) is 19.8. The molecule has 0 bridgehead atoms. The molecule has 2 N–H and O–H groups in total. The van der Waals surface area contributed by atoms with Crippen LogP contribution in [-0.2, 0) is 17.6 Å². The van der Waals surface area contributed by atoms with Crippen molar-refractivity contribution in [3.63, 3.8) is 0 Å². The first kappa shape index (κ1) is 18.0. The van der Waals surface area contributed by atoms with Gasteiger partial charge >= 0.3 is 0 Å². The molecule has 1 fully saturated rings. The maximum atomic E-state index is 13.0. The fourth-order valence-electron chi connectivity index (χ4n) is 3.14. The first-order valence-corrected chi connectivity index (χ1v) is 9.42. The Balaban J connectivity index is 1.59. The summed E-state index contributed by atoms with van der Waals surface area (Å²) >= 11 is 1.54. The lowest BCUT2D eigenvalue weighted by Gasteiger charge is -2.42. The molecule has 2 heterocycles. The van der Waals surface area contributed by atoms with Crippen molar-refractivity contribution in [1.82, 2.24) is 9.88 Å². The molecule has 1 amide bonds. The zero-order valence-corrected chi connectivity index (χ0v) is 15.5. The van der Waals surface area contributed by atoms with Crippen molar-refractivity contribution in [3.05, 3.63) is 51.7 Å². The Morgan fingerprint density at radius 3 is 2.80 bits per heavy atom. The lowest BCUT2D eigenvalue weighted by molar-refractivity contribution is -0.133. The van der Waals surface area contributed by atoms with Gasteiger partial charge in [0.05, 0.1) is 17.1 Å². The van der Waals surface area contributed by atoms with E-state index in [1.807, 2.05) is 10.3 Å². The largest absolute Gasteiger partial charge is 0.342 e. The van der Waals surface area contributed by atoms with Crippen LogP contribution < -0.4 is 5.73 Å². The number of thiazole rings is 1. The molecular weight excluding hydrogens is 337 g/mol. The van der Waals surface area contributed by atoms with Gasteiger partial charge in [-0.1, -0.05) is 26.0 Å². The van der Waals surface area contributed by atoms with Crippen molar-refractivity contribution in [1.29, 1.82) is 0 Å². The third-order valence-corrected chi connectivity index (χ3v) is 5.76. The van der Waals surface area contributed by atoms with Crippen molar-refractivity contribution in [2.45, 2.75) is 39.2 Å². The lowest BCUT2D eigenvalue weighted by Crippen LogP contribution is -2.54. The van der Waals surface area contributed by atoms with Gasteiger partial charge in [0.25, 0.3) is 0 Å². The fourth-order valence-corrected chi connectivity index (χ4v) is 3.97. The highest BCUT2D eigenvalue weighted by molar-refractivity contribution is 7.09. The van der Waals surface area contributed by atoms with Crippen LogP contribution in [0.25, 0.3) is 0 Å². The number of carbonyl (C=O) groups excluding carboxylic acids is 1. The van der Waals surface area contributed by atoms with Gasteiger partial charge in [0.1, 0.15) is 5.82 Å². The first-order chi connectivity index (χ1) is 11.8. The van der Waals surface area contributed by atoms with Crippen LogP contribution in [0.3, 0.4) is 0 Å². The minimum Gasteiger partial charge on any atom is -0.342 e. The van der Waals surface area contributed by atoms with Gasteiger partial charge in [0.15, 0.2) is 0 Å². The van der Waals surface area contributed by atoms with Gasteiger partial charge in [-0.25, -0.2) is 9.37 Å². The number of hydrogen-bond donors (Lipinski definition) is 1. The summed E-state index contributed by atoms with van der Waals surface area (Å²) in [5.74, 6) is -0.128. The number of halogens is 1. The number of benzene rings is 1. The van der Waals surface area contributed by atoms with E-state index in [2.05, 4.69) is 18.8 Å². The molecule has 1 saturated heterocycles. The maximum absolute atomic E-state index is 13.0. The van der Waals surface area contributed by atoms with Crippen LogP contribution in [0.2, 0.25) is 0 Å². The van der Waals surface area contributed by atoms with E-state index < -0.39 is 0 Å². The molecule has 1 aliphatic heterocycles. The number of nitrogens with two attached hydrogens (primary N) is 1. The van der Waals surface area contributed by atoms with Gasteiger partial charge in [-0.3, -0.25) is 4.79 Å². The minimum absolute atomic E-state index is 0.0519. The van der Waals surface area contributed by atoms with E-state index in [1.54, 1.807) is 23.5 Å². The number of aromatic nitrogens is 1. The summed E-state index contributed by atoms with van der Waals surface area (Å²) in [4.78, 5) is 19.0. The molecule has 1 aliphatic rings. The van der Waals surface area contributed by atoms with Gasteiger partial charge in [0, 0.05) is 30.9 Å². The van der Waals surface area contributed by atoms with E-state index >= 15 is 0 Å². The van der Waals surface area contributed by atoms with Gasteiger partial charge in [-0.05, 0) is 29.5 Å². The summed E-state index contributed by atoms with van der Waals surface area (Å²) in [7, 11) is 0. The molecule has 3 rings (SSSR count). The Bertz CT molecular complexity index is 741. The lowest BCUT2D eigenvalue weighted by atomic mass is 9.79. The highest BCUT2D eigenvalue weighted by Gasteiger charge is 2.35. The predicted octanol–water partition coefficient (Wildman–Crippen LogP) is 3.00. The highest BCUT2D eigenvalue weighted by Crippen LogP contribution is 2.28. The number of nitrogens with zero attached hydrogens (tertiary/aromatic N) is 2. The molecule has 25 heavy (non-hydrogen) atoms. The first-order valence-electron chi connectivity index (χ1n) is 8.54. The second-order valence-electron chi connectivity index (χ2n) is 7.41. The average Bonchev–Trinajstić information content (AvgIpc) is 2.99. The quantitative estimate of drug-likeness (QED) is 0.911. The zero-order valence-electron chi connectivity index (χ0n) is 14.7. The molecule has 1 atom stereocenters. The number of amides is 1. The monoisotopic (exact) mass is 361 g/mol. The average molecular weight is 361 g/mol. The van der Waals surface area contributed by atoms with Crippen LogP contribution in [-0.4, -0.2) is 34.9 Å². The van der Waals surface area contributed by atoms with Crippen molar-refractivity contribution in [2.24, 2.45) is 11.1 Å². The van der Waals surface area contributed by atoms with Crippen molar-refractivity contribution in [3.8, 4) is 0 Å². The molecule has 0 saturated carbocycles. The third-order valence-electron chi connectivity index (χ3n) is 4.87. The number of rotatable bonds is 4. The molecule has 0 radical (unpaired) electrons. The Hall–Kier alpha value is -1.79. The van der Waals surface area contributed by atoms with Crippen molar-refractivity contribution < 1.29 is 9.18 Å². The minimum atomic E-state index is -0.238. The van der Waals surface area contributed by atoms with Crippen LogP contribution in [0.5, 0.6) is 0 Å². The van der Waals surface area contributed by atoms with Gasteiger partial charge < -0.3 is 10.6 Å². The van der Waals surface area contributed by atoms with Gasteiger partial charge in [0.2, 0.25) is 5.91 Å². The molecule has 2 aromatic rings. The van der Waals surface area contributed by atoms with Crippen LogP contribution in [0.4, 0.5) is 4.39 Å². The predicted molar refractivity (Wildman–Crippen MR) is 98.0 cm³/mol. The van der Waals surface area contributed by atoms with E-state index in [9.17, 15) is 9.18 Å². The van der Waals surface area contributed by atoms with E-state index in [0.29, 0.717) is 19.4 Å². The second-order valence-corrected chi connectivity index (χ2v) is 8.35. The number of likely N-dealkylation sites (tertiary alicyclic amines) is 1. The fraction of sp³-hybridized carbons (Fsp3) is 0.474. The summed E-state index contributed by atoms with van der Waals surface area (Å²) in [6.07, 6.45) is 1.82. The molecule has 4 nitrogen and oxygen atoms in total. The van der Waals surface area contributed by atoms with Gasteiger partial charge in [-0.2, -0.15) is 0 Å². The molecule has 0 spiro atoms. The summed E-state index contributed by atoms with van der Waals surface area (Å²) < 4.78 is 13.0.